The number of hydrogen-bond acceptors (Lipinski definition) is 4. The third-order valence-corrected chi connectivity index (χ3v) is 8.05. The molecule has 0 spiro atoms. The van der Waals surface area contributed by atoms with Gasteiger partial charge in [-0.25, -0.2) is 8.51 Å². The van der Waals surface area contributed by atoms with Crippen molar-refractivity contribution in [3.05, 3.63) is 53.1 Å². The molecule has 1 saturated heterocycles. The van der Waals surface area contributed by atoms with Crippen LogP contribution in [0.5, 0.6) is 5.75 Å². The molecule has 0 radical (unpaired) electrons. The molecule has 0 aromatic heterocycles. The molecule has 1 aliphatic carbocycles. The first kappa shape index (κ1) is 25.9. The molecule has 35 heavy (non-hydrogen) atoms. The van der Waals surface area contributed by atoms with Crippen molar-refractivity contribution in [2.45, 2.75) is 48.8 Å². The van der Waals surface area contributed by atoms with Crippen LogP contribution in [0.4, 0.5) is 18.9 Å². The maximum absolute atomic E-state index is 13.3. The molecule has 1 atom stereocenters. The van der Waals surface area contributed by atoms with E-state index in [2.05, 4.69) is 5.32 Å². The van der Waals surface area contributed by atoms with Crippen molar-refractivity contribution in [2.75, 3.05) is 32.1 Å². The number of carbonyl (C=O) groups is 1. The molecule has 2 fully saturated rings. The smallest absolute Gasteiger partial charge is 0.416 e. The summed E-state index contributed by atoms with van der Waals surface area (Å²) in [6.45, 7) is 1.42. The van der Waals surface area contributed by atoms with Crippen molar-refractivity contribution in [3.63, 3.8) is 0 Å². The first-order valence-electron chi connectivity index (χ1n) is 11.4. The average Bonchev–Trinajstić information content (AvgIpc) is 3.65. The van der Waals surface area contributed by atoms with Crippen LogP contribution in [0.3, 0.4) is 0 Å². The molecule has 11 heteroatoms. The number of hydrogen-bond donors (Lipinski definition) is 1. The third kappa shape index (κ3) is 6.55. The maximum Gasteiger partial charge on any atom is 0.416 e. The second-order valence-corrected chi connectivity index (χ2v) is 10.6. The van der Waals surface area contributed by atoms with Gasteiger partial charge < -0.3 is 10.1 Å². The van der Waals surface area contributed by atoms with Gasteiger partial charge in [-0.3, -0.25) is 9.69 Å². The van der Waals surface area contributed by atoms with Crippen LogP contribution >= 0.6 is 11.6 Å². The molecule has 2 aliphatic rings. The zero-order chi connectivity index (χ0) is 25.2. The normalized spacial score (nSPS) is 18.5. The Morgan fingerprint density at radius 2 is 1.83 bits per heavy atom. The molecule has 4 rings (SSSR count). The topological polar surface area (TPSA) is 61.9 Å². The van der Waals surface area contributed by atoms with E-state index >= 15 is 0 Å². The van der Waals surface area contributed by atoms with E-state index in [1.807, 2.05) is 9.21 Å². The number of rotatable bonds is 8. The van der Waals surface area contributed by atoms with E-state index in [-0.39, 0.29) is 29.4 Å². The van der Waals surface area contributed by atoms with E-state index < -0.39 is 22.7 Å². The van der Waals surface area contributed by atoms with E-state index in [1.54, 1.807) is 18.2 Å². The summed E-state index contributed by atoms with van der Waals surface area (Å²) in [6.07, 6.45) is -1.36. The van der Waals surface area contributed by atoms with Gasteiger partial charge in [-0.2, -0.15) is 13.2 Å². The fourth-order valence-electron chi connectivity index (χ4n) is 4.30. The standard InChI is InChI=1S/C24H27ClF3N3O3S/c1-34-22-8-5-17(25)14-21(22)29-23(32)15-30-11-9-19(10-12-30)31(18-6-7-18)35(33)20-4-2-3-16(13-20)24(26,27)28/h2-5,8,13-14,18-19H,6-7,9-12,15H2,1H3,(H,29,32). The van der Waals surface area contributed by atoms with E-state index in [1.165, 1.54) is 19.2 Å². The number of anilines is 1. The number of nitrogens with zero attached hydrogens (tertiary/aromatic N) is 2. The van der Waals surface area contributed by atoms with Gasteiger partial charge in [0.1, 0.15) is 16.7 Å². The molecular weight excluding hydrogens is 503 g/mol. The Labute approximate surface area is 210 Å². The summed E-state index contributed by atoms with van der Waals surface area (Å²) in [6, 6.07) is 9.84. The number of halogens is 4. The van der Waals surface area contributed by atoms with Gasteiger partial charge in [-0.05, 0) is 62.1 Å². The molecule has 1 aliphatic heterocycles. The number of alkyl halides is 3. The number of benzene rings is 2. The van der Waals surface area contributed by atoms with Crippen LogP contribution < -0.4 is 10.1 Å². The molecule has 1 unspecified atom stereocenters. The van der Waals surface area contributed by atoms with Crippen LogP contribution in [0, 0.1) is 0 Å². The summed E-state index contributed by atoms with van der Waals surface area (Å²) in [5, 5.41) is 3.31. The number of piperidine rings is 1. The average molecular weight is 530 g/mol. The van der Waals surface area contributed by atoms with Crippen LogP contribution in [0.25, 0.3) is 0 Å². The highest BCUT2D eigenvalue weighted by Gasteiger charge is 2.40. The Kier molecular flexibility index (Phi) is 8.05. The van der Waals surface area contributed by atoms with Crippen molar-refractivity contribution < 1.29 is 26.9 Å². The van der Waals surface area contributed by atoms with Crippen LogP contribution in [-0.4, -0.2) is 58.1 Å². The third-order valence-electron chi connectivity index (χ3n) is 6.18. The summed E-state index contributed by atoms with van der Waals surface area (Å²) in [4.78, 5) is 14.8. The van der Waals surface area contributed by atoms with Crippen LogP contribution in [0.15, 0.2) is 47.4 Å². The molecule has 190 valence electrons. The number of likely N-dealkylation sites (tertiary alicyclic amines) is 1. The van der Waals surface area contributed by atoms with E-state index in [0.29, 0.717) is 42.4 Å². The van der Waals surface area contributed by atoms with E-state index in [4.69, 9.17) is 16.3 Å². The second kappa shape index (κ2) is 10.9. The summed E-state index contributed by atoms with van der Waals surface area (Å²) >= 11 is 6.02. The van der Waals surface area contributed by atoms with E-state index in [0.717, 1.165) is 25.0 Å². The Morgan fingerprint density at radius 1 is 1.14 bits per heavy atom. The Balaban J connectivity index is 1.36. The minimum atomic E-state index is -4.48. The number of carbonyl (C=O) groups excluding carboxylic acids is 1. The highest BCUT2D eigenvalue weighted by atomic mass is 35.5. The van der Waals surface area contributed by atoms with E-state index in [9.17, 15) is 22.2 Å². The minimum Gasteiger partial charge on any atom is -0.495 e. The predicted molar refractivity (Wildman–Crippen MR) is 129 cm³/mol. The Bertz CT molecular complexity index is 1090. The maximum atomic E-state index is 13.3. The SMILES string of the molecule is COc1ccc(Cl)cc1NC(=O)CN1CCC(N(C2CC2)S(=O)c2cccc(C(F)(F)F)c2)CC1. The summed E-state index contributed by atoms with van der Waals surface area (Å²) in [7, 11) is -0.164. The van der Waals surface area contributed by atoms with Crippen LogP contribution in [0.1, 0.15) is 31.2 Å². The lowest BCUT2D eigenvalue weighted by atomic mass is 10.0. The zero-order valence-electron chi connectivity index (χ0n) is 19.2. The molecule has 1 amide bonds. The molecule has 1 heterocycles. The second-order valence-electron chi connectivity index (χ2n) is 8.77. The number of amides is 1. The molecule has 2 aromatic rings. The highest BCUT2D eigenvalue weighted by Crippen LogP contribution is 2.36. The van der Waals surface area contributed by atoms with Crippen molar-refractivity contribution in [2.24, 2.45) is 0 Å². The molecular formula is C24H27ClF3N3O3S. The lowest BCUT2D eigenvalue weighted by Gasteiger charge is -2.37. The predicted octanol–water partition coefficient (Wildman–Crippen LogP) is 4.96. The monoisotopic (exact) mass is 529 g/mol. The van der Waals surface area contributed by atoms with Gasteiger partial charge in [0.25, 0.3) is 0 Å². The minimum absolute atomic E-state index is 0.0230. The molecule has 1 N–H and O–H groups in total. The lowest BCUT2D eigenvalue weighted by molar-refractivity contribution is -0.137. The summed E-state index contributed by atoms with van der Waals surface area (Å²) < 4.78 is 59.9. The summed E-state index contributed by atoms with van der Waals surface area (Å²) in [5.74, 6) is 0.314. The molecule has 1 saturated carbocycles. The van der Waals surface area contributed by atoms with Gasteiger partial charge in [0, 0.05) is 30.2 Å². The van der Waals surface area contributed by atoms with Gasteiger partial charge in [0.05, 0.1) is 29.8 Å². The first-order chi connectivity index (χ1) is 16.7. The Hall–Kier alpha value is -2.14. The number of methoxy groups -OCH3 is 1. The molecule has 6 nitrogen and oxygen atoms in total. The van der Waals surface area contributed by atoms with Gasteiger partial charge in [-0.1, -0.05) is 17.7 Å². The van der Waals surface area contributed by atoms with Crippen molar-refractivity contribution >= 4 is 34.2 Å². The Morgan fingerprint density at radius 3 is 2.46 bits per heavy atom. The fourth-order valence-corrected chi connectivity index (χ4v) is 6.10. The first-order valence-corrected chi connectivity index (χ1v) is 12.9. The van der Waals surface area contributed by atoms with Crippen molar-refractivity contribution in [1.82, 2.24) is 9.21 Å². The quantitative estimate of drug-likeness (QED) is 0.525. The van der Waals surface area contributed by atoms with Crippen LogP contribution in [0.2, 0.25) is 5.02 Å². The number of nitrogens with one attached hydrogen (secondary N) is 1. The largest absolute Gasteiger partial charge is 0.495 e. The fraction of sp³-hybridized carbons (Fsp3) is 0.458. The van der Waals surface area contributed by atoms with Gasteiger partial charge in [-0.15, -0.1) is 0 Å². The zero-order valence-corrected chi connectivity index (χ0v) is 20.8. The highest BCUT2D eigenvalue weighted by molar-refractivity contribution is 7.82. The molecule has 0 bridgehead atoms. The van der Waals surface area contributed by atoms with Gasteiger partial charge >= 0.3 is 6.18 Å². The van der Waals surface area contributed by atoms with Crippen molar-refractivity contribution in [1.29, 1.82) is 0 Å². The summed E-state index contributed by atoms with van der Waals surface area (Å²) in [5.41, 5.74) is -0.299. The van der Waals surface area contributed by atoms with Crippen molar-refractivity contribution in [3.8, 4) is 5.75 Å². The van der Waals surface area contributed by atoms with Gasteiger partial charge in [0.2, 0.25) is 5.91 Å². The molecule has 2 aromatic carbocycles. The van der Waals surface area contributed by atoms with Crippen LogP contribution in [-0.2, 0) is 22.0 Å². The van der Waals surface area contributed by atoms with Gasteiger partial charge in [0.15, 0.2) is 0 Å². The lowest BCUT2D eigenvalue weighted by Crippen LogP contribution is -2.48. The number of ether oxygens (including phenoxy) is 1.